The second-order valence-electron chi connectivity index (χ2n) is 13.0. The molecule has 0 radical (unpaired) electrons. The van der Waals surface area contributed by atoms with Crippen LogP contribution in [0.3, 0.4) is 0 Å². The van der Waals surface area contributed by atoms with E-state index in [0.29, 0.717) is 17.2 Å². The van der Waals surface area contributed by atoms with E-state index in [9.17, 15) is 40.9 Å². The number of fused-ring (bicyclic) bond motifs is 3. The topological polar surface area (TPSA) is 236 Å². The number of benzene rings is 3. The molecule has 4 aromatic rings. The molecule has 0 aliphatic carbocycles. The standard InChI is InChI=1S/C36H46N2O14/c1-47-24-10-4-5-11-25(24)48-14-13-38(15-20(41)18-49-26-12-6-9-23-29(26)21-7-2-3-8-22(21)37-23)19-36(46)34(45)33(28(17-40)52-36)51-35-32(44)31(43)30(42)27(16-39)50-35/h2-12,20,27-28,30-35,37,39-46H,13-19H2,1H3/t20-,27?,28-,30+,31-,32?,33+,34?,35+,36?/m1/s1. The molecule has 6 rings (SSSR count). The fourth-order valence-corrected chi connectivity index (χ4v) is 6.73. The van der Waals surface area contributed by atoms with Gasteiger partial charge < -0.3 is 74.3 Å². The summed E-state index contributed by atoms with van der Waals surface area (Å²) in [6, 6.07) is 20.4. The van der Waals surface area contributed by atoms with Gasteiger partial charge in [-0.15, -0.1) is 0 Å². The first kappa shape index (κ1) is 38.1. The Hall–Kier alpha value is -3.62. The summed E-state index contributed by atoms with van der Waals surface area (Å²) in [4.78, 5) is 4.94. The SMILES string of the molecule is COc1ccccc1OCCN(C[C@@H](O)COc1cccc2[nH]c3ccccc3c12)CC1(O)O[C@H](CO)[C@H](O[C@@H]2OC(CO)[C@H](O)[C@@H](O)C2O)C1O. The maximum Gasteiger partial charge on any atom is 0.208 e. The van der Waals surface area contributed by atoms with Crippen molar-refractivity contribution in [2.75, 3.05) is 53.2 Å². The second kappa shape index (κ2) is 16.6. The van der Waals surface area contributed by atoms with Gasteiger partial charge in [-0.3, -0.25) is 4.90 Å². The molecule has 3 heterocycles. The van der Waals surface area contributed by atoms with E-state index in [2.05, 4.69) is 4.98 Å². The van der Waals surface area contributed by atoms with E-state index < -0.39 is 80.7 Å². The predicted molar refractivity (Wildman–Crippen MR) is 184 cm³/mol. The molecule has 4 unspecified atom stereocenters. The zero-order valence-corrected chi connectivity index (χ0v) is 28.5. The van der Waals surface area contributed by atoms with Crippen LogP contribution in [-0.2, 0) is 14.2 Å². The number of rotatable bonds is 16. The van der Waals surface area contributed by atoms with Crippen molar-refractivity contribution in [1.29, 1.82) is 0 Å². The first-order valence-corrected chi connectivity index (χ1v) is 17.0. The molecule has 2 aliphatic heterocycles. The highest BCUT2D eigenvalue weighted by molar-refractivity contribution is 6.10. The van der Waals surface area contributed by atoms with Gasteiger partial charge in [0.25, 0.3) is 0 Å². The van der Waals surface area contributed by atoms with E-state index >= 15 is 0 Å². The summed E-state index contributed by atoms with van der Waals surface area (Å²) in [6.07, 6.45) is -13.9. The van der Waals surface area contributed by atoms with Crippen molar-refractivity contribution in [2.24, 2.45) is 0 Å². The molecule has 10 atom stereocenters. The molecule has 0 amide bonds. The van der Waals surface area contributed by atoms with E-state index in [1.165, 1.54) is 7.11 Å². The number of hydrogen-bond acceptors (Lipinski definition) is 15. The number of hydrogen-bond donors (Lipinski definition) is 9. The first-order valence-electron chi connectivity index (χ1n) is 17.0. The smallest absolute Gasteiger partial charge is 0.208 e. The number of nitrogens with zero attached hydrogens (tertiary/aromatic N) is 1. The Labute approximate surface area is 298 Å². The van der Waals surface area contributed by atoms with Crippen molar-refractivity contribution < 1.29 is 69.3 Å². The Morgan fingerprint density at radius 1 is 0.827 bits per heavy atom. The van der Waals surface area contributed by atoms with E-state index in [-0.39, 0.29) is 26.3 Å². The van der Waals surface area contributed by atoms with Gasteiger partial charge in [0.15, 0.2) is 17.8 Å². The monoisotopic (exact) mass is 730 g/mol. The number of nitrogens with one attached hydrogen (secondary N) is 1. The second-order valence-corrected chi connectivity index (χ2v) is 13.0. The quantitative estimate of drug-likeness (QED) is 0.0678. The Balaban J connectivity index is 1.17. The lowest BCUT2D eigenvalue weighted by Crippen LogP contribution is -2.61. The van der Waals surface area contributed by atoms with E-state index in [1.54, 1.807) is 29.2 Å². The lowest BCUT2D eigenvalue weighted by Gasteiger charge is -2.41. The van der Waals surface area contributed by atoms with Crippen molar-refractivity contribution in [3.8, 4) is 17.2 Å². The van der Waals surface area contributed by atoms with Crippen molar-refractivity contribution in [2.45, 2.75) is 60.9 Å². The fourth-order valence-electron chi connectivity index (χ4n) is 6.73. The van der Waals surface area contributed by atoms with Crippen LogP contribution in [0, 0.1) is 0 Å². The van der Waals surface area contributed by atoms with Gasteiger partial charge in [-0.05, 0) is 30.3 Å². The van der Waals surface area contributed by atoms with Gasteiger partial charge in [0.1, 0.15) is 67.8 Å². The van der Waals surface area contributed by atoms with Crippen LogP contribution in [0.4, 0.5) is 0 Å². The molecule has 2 aliphatic rings. The van der Waals surface area contributed by atoms with Crippen molar-refractivity contribution in [1.82, 2.24) is 9.88 Å². The van der Waals surface area contributed by atoms with Gasteiger partial charge in [0, 0.05) is 29.4 Å². The van der Waals surface area contributed by atoms with E-state index in [0.717, 1.165) is 21.8 Å². The molecule has 284 valence electrons. The largest absolute Gasteiger partial charge is 0.493 e. The zero-order valence-electron chi connectivity index (χ0n) is 28.5. The van der Waals surface area contributed by atoms with E-state index in [1.807, 2.05) is 42.5 Å². The van der Waals surface area contributed by atoms with Gasteiger partial charge in [0.05, 0.1) is 32.4 Å². The minimum atomic E-state index is -2.38. The lowest BCUT2D eigenvalue weighted by molar-refractivity contribution is -0.318. The first-order chi connectivity index (χ1) is 25.1. The van der Waals surface area contributed by atoms with Gasteiger partial charge in [-0.1, -0.05) is 36.4 Å². The summed E-state index contributed by atoms with van der Waals surface area (Å²) in [5.74, 6) is -0.856. The summed E-state index contributed by atoms with van der Waals surface area (Å²) in [5.41, 5.74) is 1.81. The van der Waals surface area contributed by atoms with Gasteiger partial charge in [0.2, 0.25) is 5.79 Å². The summed E-state index contributed by atoms with van der Waals surface area (Å²) in [6.45, 7) is -1.91. The minimum Gasteiger partial charge on any atom is -0.493 e. The highest BCUT2D eigenvalue weighted by atomic mass is 16.7. The Kier molecular flexibility index (Phi) is 12.2. The highest BCUT2D eigenvalue weighted by Crippen LogP contribution is 2.36. The number of H-pyrrole nitrogens is 1. The molecule has 3 aromatic carbocycles. The number of aliphatic hydroxyl groups excluding tert-OH is 7. The molecule has 16 nitrogen and oxygen atoms in total. The molecule has 2 fully saturated rings. The molecule has 52 heavy (non-hydrogen) atoms. The van der Waals surface area contributed by atoms with Crippen LogP contribution in [0.15, 0.2) is 66.7 Å². The average Bonchev–Trinajstić information content (AvgIpc) is 3.65. The predicted octanol–water partition coefficient (Wildman–Crippen LogP) is -0.924. The van der Waals surface area contributed by atoms with Crippen molar-refractivity contribution in [3.63, 3.8) is 0 Å². The zero-order chi connectivity index (χ0) is 37.0. The third-order valence-corrected chi connectivity index (χ3v) is 9.39. The number of para-hydroxylation sites is 3. The maximum atomic E-state index is 11.7. The maximum absolute atomic E-state index is 11.7. The summed E-state index contributed by atoms with van der Waals surface area (Å²) in [7, 11) is 1.51. The average molecular weight is 731 g/mol. The number of aromatic amines is 1. The van der Waals surface area contributed by atoms with Gasteiger partial charge in [-0.25, -0.2) is 0 Å². The molecule has 0 bridgehead atoms. The number of ether oxygens (including phenoxy) is 6. The van der Waals surface area contributed by atoms with Crippen LogP contribution in [0.5, 0.6) is 17.2 Å². The Morgan fingerprint density at radius 2 is 1.52 bits per heavy atom. The molecule has 16 heteroatoms. The normalized spacial score (nSPS) is 29.9. The number of methoxy groups -OCH3 is 1. The summed E-state index contributed by atoms with van der Waals surface area (Å²) < 4.78 is 34.3. The molecular formula is C36H46N2O14. The van der Waals surface area contributed by atoms with Crippen LogP contribution in [0.2, 0.25) is 0 Å². The van der Waals surface area contributed by atoms with Crippen molar-refractivity contribution in [3.05, 3.63) is 66.7 Å². The summed E-state index contributed by atoms with van der Waals surface area (Å²) in [5, 5.41) is 86.6. The van der Waals surface area contributed by atoms with E-state index in [4.69, 9.17) is 28.4 Å². The van der Waals surface area contributed by atoms with Crippen LogP contribution in [0.25, 0.3) is 21.8 Å². The third kappa shape index (κ3) is 7.98. The molecule has 1 aromatic heterocycles. The molecule has 2 saturated heterocycles. The fraction of sp³-hybridized carbons (Fsp3) is 0.500. The van der Waals surface area contributed by atoms with Crippen LogP contribution in [0.1, 0.15) is 0 Å². The molecular weight excluding hydrogens is 684 g/mol. The molecule has 0 saturated carbocycles. The highest BCUT2D eigenvalue weighted by Gasteiger charge is 2.57. The molecule has 9 N–H and O–H groups in total. The van der Waals surface area contributed by atoms with Crippen LogP contribution >= 0.6 is 0 Å². The summed E-state index contributed by atoms with van der Waals surface area (Å²) >= 11 is 0. The van der Waals surface area contributed by atoms with Crippen LogP contribution in [-0.4, -0.2) is 165 Å². The van der Waals surface area contributed by atoms with Gasteiger partial charge >= 0.3 is 0 Å². The van der Waals surface area contributed by atoms with Gasteiger partial charge in [-0.2, -0.15) is 0 Å². The lowest BCUT2D eigenvalue weighted by atomic mass is 9.98. The van der Waals surface area contributed by atoms with Crippen LogP contribution < -0.4 is 14.2 Å². The third-order valence-electron chi connectivity index (χ3n) is 9.39. The minimum absolute atomic E-state index is 0.0585. The Bertz CT molecular complexity index is 1760. The number of aliphatic hydroxyl groups is 8. The van der Waals surface area contributed by atoms with Crippen molar-refractivity contribution >= 4 is 21.8 Å². The molecule has 0 spiro atoms. The number of aromatic nitrogens is 1. The Morgan fingerprint density at radius 3 is 2.27 bits per heavy atom.